The number of carboxylic acid groups (broad SMARTS) is 1. The summed E-state index contributed by atoms with van der Waals surface area (Å²) in [6, 6.07) is 8.92. The molecule has 1 fully saturated rings. The third kappa shape index (κ3) is 2.13. The SMILES string of the molecule is O=C(O)C1NC(=S)SC1c1ccccc1. The van der Waals surface area contributed by atoms with Gasteiger partial charge in [-0.15, -0.1) is 0 Å². The van der Waals surface area contributed by atoms with E-state index in [4.69, 9.17) is 17.3 Å². The number of aliphatic carboxylic acids is 1. The van der Waals surface area contributed by atoms with Crippen LogP contribution in [-0.2, 0) is 4.79 Å². The van der Waals surface area contributed by atoms with E-state index in [0.29, 0.717) is 4.32 Å². The second-order valence-corrected chi connectivity index (χ2v) is 5.02. The van der Waals surface area contributed by atoms with E-state index in [1.54, 1.807) is 0 Å². The van der Waals surface area contributed by atoms with Crippen LogP contribution in [0.4, 0.5) is 0 Å². The summed E-state index contributed by atoms with van der Waals surface area (Å²) in [6.45, 7) is 0. The fourth-order valence-corrected chi connectivity index (χ4v) is 2.99. The highest BCUT2D eigenvalue weighted by molar-refractivity contribution is 8.23. The van der Waals surface area contributed by atoms with Crippen LogP contribution in [0.1, 0.15) is 10.8 Å². The van der Waals surface area contributed by atoms with Gasteiger partial charge in [-0.3, -0.25) is 0 Å². The van der Waals surface area contributed by atoms with E-state index in [9.17, 15) is 4.79 Å². The van der Waals surface area contributed by atoms with Gasteiger partial charge in [0.1, 0.15) is 10.4 Å². The number of rotatable bonds is 2. The maximum Gasteiger partial charge on any atom is 0.327 e. The van der Waals surface area contributed by atoms with Gasteiger partial charge in [0.25, 0.3) is 0 Å². The molecule has 0 bridgehead atoms. The summed E-state index contributed by atoms with van der Waals surface area (Å²) >= 11 is 6.38. The number of hydrogen-bond acceptors (Lipinski definition) is 3. The fourth-order valence-electron chi connectivity index (χ4n) is 1.51. The second kappa shape index (κ2) is 4.20. The Kier molecular flexibility index (Phi) is 2.93. The minimum Gasteiger partial charge on any atom is -0.480 e. The summed E-state index contributed by atoms with van der Waals surface area (Å²) in [5, 5.41) is 11.7. The highest BCUT2D eigenvalue weighted by Gasteiger charge is 2.37. The first-order valence-corrected chi connectivity index (χ1v) is 5.72. The Bertz CT molecular complexity index is 394. The molecular weight excluding hydrogens is 230 g/mol. The molecule has 1 aromatic rings. The van der Waals surface area contributed by atoms with Crippen LogP contribution in [0.5, 0.6) is 0 Å². The van der Waals surface area contributed by atoms with Crippen molar-refractivity contribution in [1.82, 2.24) is 5.32 Å². The van der Waals surface area contributed by atoms with E-state index in [1.807, 2.05) is 30.3 Å². The topological polar surface area (TPSA) is 49.3 Å². The largest absolute Gasteiger partial charge is 0.480 e. The number of carbonyl (C=O) groups is 1. The van der Waals surface area contributed by atoms with Gasteiger partial charge >= 0.3 is 5.97 Å². The van der Waals surface area contributed by atoms with Gasteiger partial charge in [-0.05, 0) is 5.56 Å². The fraction of sp³-hybridized carbons (Fsp3) is 0.200. The lowest BCUT2D eigenvalue weighted by Crippen LogP contribution is -2.35. The number of hydrogen-bond donors (Lipinski definition) is 2. The zero-order valence-corrected chi connectivity index (χ0v) is 9.35. The molecule has 1 aromatic carbocycles. The minimum atomic E-state index is -0.865. The van der Waals surface area contributed by atoms with Crippen molar-refractivity contribution in [3.05, 3.63) is 35.9 Å². The number of thiocarbonyl (C=S) groups is 1. The lowest BCUT2D eigenvalue weighted by molar-refractivity contribution is -0.138. The van der Waals surface area contributed by atoms with Gasteiger partial charge in [0.05, 0.1) is 5.25 Å². The summed E-state index contributed by atoms with van der Waals surface area (Å²) < 4.78 is 0.552. The molecule has 1 saturated heterocycles. The molecule has 0 spiro atoms. The molecule has 78 valence electrons. The van der Waals surface area contributed by atoms with E-state index >= 15 is 0 Å². The standard InChI is InChI=1S/C10H9NO2S2/c12-9(13)7-8(15-10(14)11-7)6-4-2-1-3-5-6/h1-5,7-8H,(H,11,14)(H,12,13). The van der Waals surface area contributed by atoms with Gasteiger partial charge in [0, 0.05) is 0 Å². The Balaban J connectivity index is 2.28. The van der Waals surface area contributed by atoms with Crippen LogP contribution in [0.15, 0.2) is 30.3 Å². The predicted octanol–water partition coefficient (Wildman–Crippen LogP) is 1.80. The molecule has 2 N–H and O–H groups in total. The summed E-state index contributed by atoms with van der Waals surface area (Å²) in [6.07, 6.45) is 0. The average Bonchev–Trinajstić information content (AvgIpc) is 2.62. The molecule has 1 aliphatic heterocycles. The lowest BCUT2D eigenvalue weighted by Gasteiger charge is -2.13. The van der Waals surface area contributed by atoms with Gasteiger partial charge in [-0.25, -0.2) is 4.79 Å². The van der Waals surface area contributed by atoms with Crippen LogP contribution < -0.4 is 5.32 Å². The van der Waals surface area contributed by atoms with Gasteiger partial charge in [0.15, 0.2) is 0 Å². The van der Waals surface area contributed by atoms with E-state index in [2.05, 4.69) is 5.32 Å². The van der Waals surface area contributed by atoms with Crippen molar-refractivity contribution in [2.45, 2.75) is 11.3 Å². The van der Waals surface area contributed by atoms with Gasteiger partial charge in [0.2, 0.25) is 0 Å². The molecule has 1 aliphatic rings. The van der Waals surface area contributed by atoms with Crippen LogP contribution in [0, 0.1) is 0 Å². The third-order valence-corrected chi connectivity index (χ3v) is 3.74. The molecule has 0 aliphatic carbocycles. The van der Waals surface area contributed by atoms with Crippen LogP contribution in [0.25, 0.3) is 0 Å². The molecule has 2 rings (SSSR count). The van der Waals surface area contributed by atoms with Gasteiger partial charge in [-0.2, -0.15) is 0 Å². The van der Waals surface area contributed by atoms with Crippen molar-refractivity contribution in [3.8, 4) is 0 Å². The number of thioether (sulfide) groups is 1. The highest BCUT2D eigenvalue weighted by atomic mass is 32.2. The molecule has 0 radical (unpaired) electrons. The molecule has 2 unspecified atom stereocenters. The van der Waals surface area contributed by atoms with E-state index in [0.717, 1.165) is 5.56 Å². The van der Waals surface area contributed by atoms with Crippen LogP contribution in [0.2, 0.25) is 0 Å². The Morgan fingerprint density at radius 2 is 2.07 bits per heavy atom. The second-order valence-electron chi connectivity index (χ2n) is 3.20. The number of benzene rings is 1. The van der Waals surface area contributed by atoms with E-state index in [1.165, 1.54) is 11.8 Å². The maximum atomic E-state index is 11.0. The summed E-state index contributed by atoms with van der Waals surface area (Å²) in [4.78, 5) is 11.0. The molecule has 0 saturated carbocycles. The zero-order chi connectivity index (χ0) is 10.8. The molecule has 1 heterocycles. The van der Waals surface area contributed by atoms with Crippen molar-refractivity contribution in [2.75, 3.05) is 0 Å². The normalized spacial score (nSPS) is 24.9. The Morgan fingerprint density at radius 1 is 1.40 bits per heavy atom. The zero-order valence-electron chi connectivity index (χ0n) is 7.71. The first-order chi connectivity index (χ1) is 7.18. The maximum absolute atomic E-state index is 11.0. The van der Waals surface area contributed by atoms with Crippen molar-refractivity contribution >= 4 is 34.3 Å². The van der Waals surface area contributed by atoms with Gasteiger partial charge in [-0.1, -0.05) is 54.3 Å². The van der Waals surface area contributed by atoms with E-state index < -0.39 is 12.0 Å². The lowest BCUT2D eigenvalue weighted by atomic mass is 10.1. The Morgan fingerprint density at radius 3 is 2.67 bits per heavy atom. The number of carboxylic acids is 1. The summed E-state index contributed by atoms with van der Waals surface area (Å²) in [7, 11) is 0. The predicted molar refractivity (Wildman–Crippen MR) is 63.9 cm³/mol. The van der Waals surface area contributed by atoms with Crippen LogP contribution in [-0.4, -0.2) is 21.4 Å². The van der Waals surface area contributed by atoms with Crippen molar-refractivity contribution in [2.24, 2.45) is 0 Å². The van der Waals surface area contributed by atoms with Crippen LogP contribution >= 0.6 is 24.0 Å². The Hall–Kier alpha value is -1.07. The average molecular weight is 239 g/mol. The molecular formula is C10H9NO2S2. The smallest absolute Gasteiger partial charge is 0.327 e. The first kappa shape index (κ1) is 10.4. The molecule has 0 amide bonds. The van der Waals surface area contributed by atoms with Crippen molar-refractivity contribution in [1.29, 1.82) is 0 Å². The molecule has 0 aromatic heterocycles. The molecule has 5 heteroatoms. The van der Waals surface area contributed by atoms with Crippen molar-refractivity contribution in [3.63, 3.8) is 0 Å². The quantitative estimate of drug-likeness (QED) is 0.771. The monoisotopic (exact) mass is 239 g/mol. The Labute approximate surface area is 96.9 Å². The van der Waals surface area contributed by atoms with Gasteiger partial charge < -0.3 is 10.4 Å². The summed E-state index contributed by atoms with van der Waals surface area (Å²) in [5.41, 5.74) is 0.988. The molecule has 2 atom stereocenters. The molecule has 15 heavy (non-hydrogen) atoms. The number of nitrogens with one attached hydrogen (secondary N) is 1. The summed E-state index contributed by atoms with van der Waals surface area (Å²) in [5.74, 6) is -0.865. The first-order valence-electron chi connectivity index (χ1n) is 4.43. The van der Waals surface area contributed by atoms with Crippen molar-refractivity contribution < 1.29 is 9.90 Å². The van der Waals surface area contributed by atoms with Crippen LogP contribution in [0.3, 0.4) is 0 Å². The van der Waals surface area contributed by atoms with E-state index in [-0.39, 0.29) is 5.25 Å². The minimum absolute atomic E-state index is 0.129. The highest BCUT2D eigenvalue weighted by Crippen LogP contribution is 2.37. The third-order valence-electron chi connectivity index (χ3n) is 2.20. The molecule has 3 nitrogen and oxygen atoms in total.